The van der Waals surface area contributed by atoms with Gasteiger partial charge in [0.15, 0.2) is 0 Å². The molecule has 0 aliphatic rings. The molecule has 0 unspecified atom stereocenters. The number of aryl methyl sites for hydroxylation is 1. The van der Waals surface area contributed by atoms with Gasteiger partial charge in [0, 0.05) is 17.4 Å². The summed E-state index contributed by atoms with van der Waals surface area (Å²) in [6.45, 7) is 5.97. The summed E-state index contributed by atoms with van der Waals surface area (Å²) in [5, 5.41) is 1.24. The smallest absolute Gasteiger partial charge is 0.134 e. The Balaban J connectivity index is 2.57. The van der Waals surface area contributed by atoms with Gasteiger partial charge in [-0.2, -0.15) is 0 Å². The SMILES string of the molecule is C=CCc1c(CCC)oc2ccccc12. The van der Waals surface area contributed by atoms with Crippen LogP contribution in [0.5, 0.6) is 0 Å². The van der Waals surface area contributed by atoms with Crippen LogP contribution >= 0.6 is 0 Å². The molecule has 1 aromatic heterocycles. The van der Waals surface area contributed by atoms with Gasteiger partial charge in [0.2, 0.25) is 0 Å². The summed E-state index contributed by atoms with van der Waals surface area (Å²) in [5.41, 5.74) is 2.31. The topological polar surface area (TPSA) is 13.1 Å². The summed E-state index contributed by atoms with van der Waals surface area (Å²) in [6, 6.07) is 8.22. The monoisotopic (exact) mass is 200 g/mol. The van der Waals surface area contributed by atoms with Crippen LogP contribution in [0, 0.1) is 0 Å². The van der Waals surface area contributed by atoms with Gasteiger partial charge in [-0.15, -0.1) is 6.58 Å². The van der Waals surface area contributed by atoms with Crippen LogP contribution in [0.15, 0.2) is 41.3 Å². The van der Waals surface area contributed by atoms with Crippen molar-refractivity contribution in [2.45, 2.75) is 26.2 Å². The highest BCUT2D eigenvalue weighted by Gasteiger charge is 2.11. The molecule has 1 aromatic carbocycles. The minimum atomic E-state index is 0.895. The lowest BCUT2D eigenvalue weighted by atomic mass is 10.1. The van der Waals surface area contributed by atoms with E-state index in [0.29, 0.717) is 0 Å². The zero-order valence-electron chi connectivity index (χ0n) is 9.12. The van der Waals surface area contributed by atoms with E-state index in [4.69, 9.17) is 4.42 Å². The Morgan fingerprint density at radius 3 is 2.87 bits per heavy atom. The van der Waals surface area contributed by atoms with Crippen LogP contribution in [-0.4, -0.2) is 0 Å². The van der Waals surface area contributed by atoms with Gasteiger partial charge >= 0.3 is 0 Å². The Labute approximate surface area is 90.4 Å². The van der Waals surface area contributed by atoms with Gasteiger partial charge in [-0.3, -0.25) is 0 Å². The van der Waals surface area contributed by atoms with Gasteiger partial charge in [0.25, 0.3) is 0 Å². The van der Waals surface area contributed by atoms with E-state index in [0.717, 1.165) is 30.6 Å². The van der Waals surface area contributed by atoms with Crippen molar-refractivity contribution in [3.05, 3.63) is 48.2 Å². The summed E-state index contributed by atoms with van der Waals surface area (Å²) >= 11 is 0. The van der Waals surface area contributed by atoms with Crippen LogP contribution in [0.3, 0.4) is 0 Å². The Morgan fingerprint density at radius 2 is 2.13 bits per heavy atom. The van der Waals surface area contributed by atoms with Crippen molar-refractivity contribution in [1.82, 2.24) is 0 Å². The van der Waals surface area contributed by atoms with Crippen LogP contribution in [0.1, 0.15) is 24.7 Å². The van der Waals surface area contributed by atoms with E-state index in [9.17, 15) is 0 Å². The zero-order chi connectivity index (χ0) is 10.7. The summed E-state index contributed by atoms with van der Waals surface area (Å²) in [5.74, 6) is 1.12. The molecule has 0 N–H and O–H groups in total. The van der Waals surface area contributed by atoms with Crippen molar-refractivity contribution >= 4 is 11.0 Å². The average Bonchev–Trinajstić information content (AvgIpc) is 2.59. The van der Waals surface area contributed by atoms with Gasteiger partial charge in [-0.05, 0) is 18.9 Å². The first-order chi connectivity index (χ1) is 7.36. The van der Waals surface area contributed by atoms with Crippen molar-refractivity contribution in [3.63, 3.8) is 0 Å². The van der Waals surface area contributed by atoms with E-state index >= 15 is 0 Å². The second-order valence-corrected chi connectivity index (χ2v) is 3.74. The first-order valence-electron chi connectivity index (χ1n) is 5.47. The number of para-hydroxylation sites is 1. The highest BCUT2D eigenvalue weighted by atomic mass is 16.3. The first-order valence-corrected chi connectivity index (χ1v) is 5.47. The fourth-order valence-electron chi connectivity index (χ4n) is 1.95. The van der Waals surface area contributed by atoms with E-state index in [1.165, 1.54) is 10.9 Å². The Hall–Kier alpha value is -1.50. The molecule has 0 bridgehead atoms. The van der Waals surface area contributed by atoms with Crippen molar-refractivity contribution in [2.24, 2.45) is 0 Å². The molecule has 0 saturated heterocycles. The lowest BCUT2D eigenvalue weighted by molar-refractivity contribution is 0.539. The molecule has 2 aromatic rings. The molecule has 0 aliphatic carbocycles. The minimum absolute atomic E-state index is 0.895. The molecule has 0 spiro atoms. The lowest BCUT2D eigenvalue weighted by Gasteiger charge is -1.97. The molecule has 1 nitrogen and oxygen atoms in total. The van der Waals surface area contributed by atoms with Crippen LogP contribution in [0.25, 0.3) is 11.0 Å². The number of allylic oxidation sites excluding steroid dienone is 1. The average molecular weight is 200 g/mol. The first kappa shape index (κ1) is 10.0. The molecular weight excluding hydrogens is 184 g/mol. The standard InChI is InChI=1S/C14H16O/c1-3-7-11-12-9-5-6-10-14(12)15-13(11)8-4-2/h3,5-6,9-10H,1,4,7-8H2,2H3. The van der Waals surface area contributed by atoms with E-state index in [2.05, 4.69) is 25.6 Å². The normalized spacial score (nSPS) is 10.7. The number of rotatable bonds is 4. The quantitative estimate of drug-likeness (QED) is 0.677. The molecule has 0 atom stereocenters. The molecule has 0 amide bonds. The summed E-state index contributed by atoms with van der Waals surface area (Å²) in [6.07, 6.45) is 4.96. The summed E-state index contributed by atoms with van der Waals surface area (Å²) in [4.78, 5) is 0. The number of benzene rings is 1. The van der Waals surface area contributed by atoms with Gasteiger partial charge in [0.1, 0.15) is 11.3 Å². The molecule has 0 aliphatic heterocycles. The second-order valence-electron chi connectivity index (χ2n) is 3.74. The van der Waals surface area contributed by atoms with Gasteiger partial charge < -0.3 is 4.42 Å². The van der Waals surface area contributed by atoms with Crippen LogP contribution in [0.4, 0.5) is 0 Å². The molecule has 1 heterocycles. The molecule has 78 valence electrons. The number of hydrogen-bond donors (Lipinski definition) is 0. The van der Waals surface area contributed by atoms with E-state index in [-0.39, 0.29) is 0 Å². The molecule has 15 heavy (non-hydrogen) atoms. The fraction of sp³-hybridized carbons (Fsp3) is 0.286. The molecule has 0 fully saturated rings. The molecular formula is C14H16O. The van der Waals surface area contributed by atoms with E-state index in [1.807, 2.05) is 18.2 Å². The molecule has 0 radical (unpaired) electrons. The fourth-order valence-corrected chi connectivity index (χ4v) is 1.95. The predicted octanol–water partition coefficient (Wildman–Crippen LogP) is 4.11. The number of fused-ring (bicyclic) bond motifs is 1. The Morgan fingerprint density at radius 1 is 1.33 bits per heavy atom. The van der Waals surface area contributed by atoms with E-state index in [1.54, 1.807) is 0 Å². The molecule has 0 saturated carbocycles. The second kappa shape index (κ2) is 4.35. The van der Waals surface area contributed by atoms with Gasteiger partial charge in [0.05, 0.1) is 0 Å². The molecule has 2 rings (SSSR count). The third kappa shape index (κ3) is 1.82. The van der Waals surface area contributed by atoms with Crippen LogP contribution in [-0.2, 0) is 12.8 Å². The maximum atomic E-state index is 5.84. The number of furan rings is 1. The van der Waals surface area contributed by atoms with Crippen molar-refractivity contribution in [2.75, 3.05) is 0 Å². The predicted molar refractivity (Wildman–Crippen MR) is 64.1 cm³/mol. The number of hydrogen-bond acceptors (Lipinski definition) is 1. The zero-order valence-corrected chi connectivity index (χ0v) is 9.12. The lowest BCUT2D eigenvalue weighted by Crippen LogP contribution is -1.87. The highest BCUT2D eigenvalue weighted by Crippen LogP contribution is 2.27. The van der Waals surface area contributed by atoms with Crippen LogP contribution in [0.2, 0.25) is 0 Å². The maximum Gasteiger partial charge on any atom is 0.134 e. The summed E-state index contributed by atoms with van der Waals surface area (Å²) in [7, 11) is 0. The summed E-state index contributed by atoms with van der Waals surface area (Å²) < 4.78 is 5.84. The Bertz CT molecular complexity index is 465. The molecule has 1 heteroatoms. The van der Waals surface area contributed by atoms with Crippen molar-refractivity contribution in [1.29, 1.82) is 0 Å². The van der Waals surface area contributed by atoms with Gasteiger partial charge in [-0.1, -0.05) is 31.2 Å². The Kier molecular flexibility index (Phi) is 2.91. The van der Waals surface area contributed by atoms with Crippen molar-refractivity contribution < 1.29 is 4.42 Å². The van der Waals surface area contributed by atoms with Gasteiger partial charge in [-0.25, -0.2) is 0 Å². The maximum absolute atomic E-state index is 5.84. The largest absolute Gasteiger partial charge is 0.461 e. The highest BCUT2D eigenvalue weighted by molar-refractivity contribution is 5.82. The van der Waals surface area contributed by atoms with Crippen LogP contribution < -0.4 is 0 Å². The van der Waals surface area contributed by atoms with Crippen molar-refractivity contribution in [3.8, 4) is 0 Å². The minimum Gasteiger partial charge on any atom is -0.461 e. The third-order valence-corrected chi connectivity index (χ3v) is 2.61. The third-order valence-electron chi connectivity index (χ3n) is 2.61. The van der Waals surface area contributed by atoms with E-state index < -0.39 is 0 Å².